The van der Waals surface area contributed by atoms with Gasteiger partial charge in [0.05, 0.1) is 31.9 Å². The number of halogens is 6. The van der Waals surface area contributed by atoms with Gasteiger partial charge in [0.15, 0.2) is 0 Å². The predicted molar refractivity (Wildman–Crippen MR) is 87.4 cm³/mol. The molecule has 156 valence electrons. The molecule has 0 radical (unpaired) electrons. The second kappa shape index (κ2) is 7.00. The topological polar surface area (TPSA) is 54.5 Å². The van der Waals surface area contributed by atoms with Crippen LogP contribution in [-0.2, 0) is 0 Å². The molecule has 1 saturated carbocycles. The number of hydrogen-bond acceptors (Lipinski definition) is 4. The fourth-order valence-electron chi connectivity index (χ4n) is 2.61. The number of likely N-dealkylation sites (tertiary alicyclic amines) is 1. The van der Waals surface area contributed by atoms with Crippen molar-refractivity contribution in [1.29, 1.82) is 0 Å². The number of aromatic nitrogens is 1. The number of nitrogens with one attached hydrogen (secondary N) is 1. The number of carbonyl (C=O) groups excluding carboxylic acids is 1. The molecule has 1 N–H and O–H groups in total. The summed E-state index contributed by atoms with van der Waals surface area (Å²) in [6.07, 6.45) is 1.87. The predicted octanol–water partition coefficient (Wildman–Crippen LogP) is 3.66. The van der Waals surface area contributed by atoms with Crippen LogP contribution >= 0.6 is 0 Å². The maximum atomic E-state index is 13.4. The minimum atomic E-state index is -4.33. The molecule has 1 aliphatic carbocycles. The van der Waals surface area contributed by atoms with Gasteiger partial charge in [-0.1, -0.05) is 0 Å². The van der Waals surface area contributed by atoms with Crippen LogP contribution in [0.15, 0.2) is 12.1 Å². The van der Waals surface area contributed by atoms with Crippen molar-refractivity contribution in [2.45, 2.75) is 37.5 Å². The van der Waals surface area contributed by atoms with E-state index in [1.54, 1.807) is 0 Å². The van der Waals surface area contributed by atoms with E-state index in [2.05, 4.69) is 10.3 Å². The molecule has 1 amide bonds. The van der Waals surface area contributed by atoms with Gasteiger partial charge in [0.1, 0.15) is 5.69 Å². The normalized spacial score (nSPS) is 20.9. The molecule has 2 fully saturated rings. The molecule has 28 heavy (non-hydrogen) atoms. The molecule has 5 nitrogen and oxygen atoms in total. The molecular weight excluding hydrogens is 392 g/mol. The van der Waals surface area contributed by atoms with Crippen molar-refractivity contribution in [3.05, 3.63) is 17.8 Å². The molecule has 0 spiro atoms. The van der Waals surface area contributed by atoms with Crippen LogP contribution in [0.4, 0.5) is 32.0 Å². The number of carbonyl (C=O) groups is 1. The second-order valence-electron chi connectivity index (χ2n) is 7.30. The van der Waals surface area contributed by atoms with E-state index in [0.717, 1.165) is 18.9 Å². The lowest BCUT2D eigenvalue weighted by atomic mass is 10.2. The summed E-state index contributed by atoms with van der Waals surface area (Å²) in [5.41, 5.74) is -0.288. The summed E-state index contributed by atoms with van der Waals surface area (Å²) in [7, 11) is 0. The number of pyridine rings is 1. The molecule has 0 atom stereocenters. The Bertz CT molecular complexity index is 733. The molecule has 2 heterocycles. The van der Waals surface area contributed by atoms with Gasteiger partial charge in [-0.3, -0.25) is 4.79 Å². The monoisotopic (exact) mass is 411 g/mol. The summed E-state index contributed by atoms with van der Waals surface area (Å²) < 4.78 is 85.1. The van der Waals surface area contributed by atoms with Gasteiger partial charge in [0.2, 0.25) is 5.88 Å². The van der Waals surface area contributed by atoms with E-state index in [4.69, 9.17) is 4.74 Å². The Labute approximate surface area is 157 Å². The smallest absolute Gasteiger partial charge is 0.329 e. The van der Waals surface area contributed by atoms with Gasteiger partial charge < -0.3 is 15.0 Å². The largest absolute Gasteiger partial charge is 0.476 e. The molecular formula is C17H19F6N3O2. The maximum absolute atomic E-state index is 13.4. The summed E-state index contributed by atoms with van der Waals surface area (Å²) in [5, 5.41) is 2.46. The van der Waals surface area contributed by atoms with Gasteiger partial charge in [-0.2, -0.15) is 17.6 Å². The zero-order valence-electron chi connectivity index (χ0n) is 15.0. The molecule has 3 rings (SSSR count). The Morgan fingerprint density at radius 3 is 2.39 bits per heavy atom. The van der Waals surface area contributed by atoms with Gasteiger partial charge in [0, 0.05) is 6.92 Å². The van der Waals surface area contributed by atoms with E-state index in [1.807, 2.05) is 0 Å². The Morgan fingerprint density at radius 1 is 1.25 bits per heavy atom. The van der Waals surface area contributed by atoms with Crippen LogP contribution in [0.2, 0.25) is 0 Å². The average Bonchev–Trinajstić information content (AvgIpc) is 3.36. The fourth-order valence-corrected chi connectivity index (χ4v) is 2.61. The first-order valence-corrected chi connectivity index (χ1v) is 8.68. The first-order chi connectivity index (χ1) is 12.9. The van der Waals surface area contributed by atoms with Crippen LogP contribution in [0.5, 0.6) is 5.88 Å². The summed E-state index contributed by atoms with van der Waals surface area (Å²) >= 11 is 0. The van der Waals surface area contributed by atoms with Crippen LogP contribution in [0.25, 0.3) is 0 Å². The van der Waals surface area contributed by atoms with Crippen molar-refractivity contribution >= 4 is 11.6 Å². The maximum Gasteiger partial charge on any atom is 0.329 e. The molecule has 1 aromatic heterocycles. The number of anilines is 1. The van der Waals surface area contributed by atoms with Gasteiger partial charge in [-0.15, -0.1) is 0 Å². The summed E-state index contributed by atoms with van der Waals surface area (Å²) in [6.45, 7) is -2.61. The van der Waals surface area contributed by atoms with Gasteiger partial charge >= 0.3 is 11.8 Å². The van der Waals surface area contributed by atoms with Crippen molar-refractivity contribution in [3.8, 4) is 5.88 Å². The number of nitrogens with zero attached hydrogens (tertiary/aromatic N) is 2. The van der Waals surface area contributed by atoms with E-state index < -0.39 is 43.3 Å². The number of rotatable bonds is 7. The Hall–Kier alpha value is -2.20. The first kappa shape index (κ1) is 20.5. The van der Waals surface area contributed by atoms with Gasteiger partial charge in [0.25, 0.3) is 11.8 Å². The average molecular weight is 411 g/mol. The Kier molecular flexibility index (Phi) is 5.13. The van der Waals surface area contributed by atoms with Gasteiger partial charge in [-0.05, 0) is 30.9 Å². The lowest BCUT2D eigenvalue weighted by Crippen LogP contribution is -2.38. The summed E-state index contributed by atoms with van der Waals surface area (Å²) in [4.78, 5) is 16.6. The van der Waals surface area contributed by atoms with Crippen LogP contribution in [0.1, 0.15) is 30.3 Å². The Balaban J connectivity index is 1.79. The highest BCUT2D eigenvalue weighted by Crippen LogP contribution is 2.41. The van der Waals surface area contributed by atoms with Crippen molar-refractivity contribution in [2.75, 3.05) is 31.6 Å². The van der Waals surface area contributed by atoms with E-state index in [0.29, 0.717) is 11.8 Å². The van der Waals surface area contributed by atoms with Crippen LogP contribution in [0.3, 0.4) is 0 Å². The standard InChI is InChI=1S/C17H19F6N3O2/c1-15(18,19)7-24-11-4-5-12(25-13(11)28-6-10-2-3-10)14(27)26-8-16(20,21)17(22,23)9-26/h4-5,10,24H,2-3,6-9H2,1H3. The molecule has 1 saturated heterocycles. The van der Waals surface area contributed by atoms with Crippen LogP contribution in [0, 0.1) is 5.92 Å². The minimum absolute atomic E-state index is 0.0933. The summed E-state index contributed by atoms with van der Waals surface area (Å²) in [6, 6.07) is 2.33. The van der Waals surface area contributed by atoms with E-state index in [9.17, 15) is 31.1 Å². The highest BCUT2D eigenvalue weighted by molar-refractivity contribution is 5.93. The third-order valence-electron chi connectivity index (χ3n) is 4.42. The lowest BCUT2D eigenvalue weighted by molar-refractivity contribution is -0.172. The number of amides is 1. The number of alkyl halides is 6. The quantitative estimate of drug-likeness (QED) is 0.696. The first-order valence-electron chi connectivity index (χ1n) is 8.68. The van der Waals surface area contributed by atoms with Crippen molar-refractivity contribution in [2.24, 2.45) is 5.92 Å². The second-order valence-corrected chi connectivity index (χ2v) is 7.30. The highest BCUT2D eigenvalue weighted by atomic mass is 19.3. The lowest BCUT2D eigenvalue weighted by Gasteiger charge is -2.18. The van der Waals surface area contributed by atoms with Crippen molar-refractivity contribution in [1.82, 2.24) is 9.88 Å². The van der Waals surface area contributed by atoms with Crippen LogP contribution < -0.4 is 10.1 Å². The molecule has 2 aliphatic rings. The van der Waals surface area contributed by atoms with Crippen LogP contribution in [-0.4, -0.2) is 59.8 Å². The molecule has 0 bridgehead atoms. The zero-order valence-corrected chi connectivity index (χ0v) is 15.0. The highest BCUT2D eigenvalue weighted by Gasteiger charge is 2.64. The minimum Gasteiger partial charge on any atom is -0.476 e. The van der Waals surface area contributed by atoms with E-state index in [-0.39, 0.29) is 29.8 Å². The SMILES string of the molecule is CC(F)(F)CNc1ccc(C(=O)N2CC(F)(F)C(F)(F)C2)nc1OCC1CC1. The van der Waals surface area contributed by atoms with E-state index >= 15 is 0 Å². The number of hydrogen-bond donors (Lipinski definition) is 1. The molecule has 0 unspecified atom stereocenters. The van der Waals surface area contributed by atoms with E-state index in [1.165, 1.54) is 6.07 Å². The van der Waals surface area contributed by atoms with Gasteiger partial charge in [-0.25, -0.2) is 13.8 Å². The molecule has 1 aromatic rings. The summed E-state index contributed by atoms with van der Waals surface area (Å²) in [5.74, 6) is -12.7. The van der Waals surface area contributed by atoms with Crippen molar-refractivity contribution in [3.63, 3.8) is 0 Å². The fraction of sp³-hybridized carbons (Fsp3) is 0.647. The third kappa shape index (κ3) is 4.61. The number of ether oxygens (including phenoxy) is 1. The molecule has 1 aliphatic heterocycles. The third-order valence-corrected chi connectivity index (χ3v) is 4.42. The molecule has 11 heteroatoms. The molecule has 0 aromatic carbocycles. The van der Waals surface area contributed by atoms with Crippen molar-refractivity contribution < 1.29 is 35.9 Å². The zero-order chi connectivity index (χ0) is 20.7. The Morgan fingerprint density at radius 2 is 1.86 bits per heavy atom.